The second-order valence-corrected chi connectivity index (χ2v) is 8.01. The minimum absolute atomic E-state index is 0.00438. The predicted octanol–water partition coefficient (Wildman–Crippen LogP) is 3.50. The highest BCUT2D eigenvalue weighted by molar-refractivity contribution is 8.00. The summed E-state index contributed by atoms with van der Waals surface area (Å²) in [5.74, 6) is -0.125. The lowest BCUT2D eigenvalue weighted by Crippen LogP contribution is -2.36. The number of thiophene rings is 1. The Hall–Kier alpha value is -2.45. The van der Waals surface area contributed by atoms with Crippen LogP contribution >= 0.6 is 23.1 Å². The minimum atomic E-state index is -0.216. The molecule has 140 valence electrons. The van der Waals surface area contributed by atoms with Gasteiger partial charge < -0.3 is 10.2 Å². The molecule has 3 rings (SSSR count). The zero-order valence-corrected chi connectivity index (χ0v) is 17.0. The fraction of sp³-hybridized carbons (Fsp3) is 0.263. The van der Waals surface area contributed by atoms with Crippen molar-refractivity contribution in [3.05, 3.63) is 47.1 Å². The average molecular weight is 401 g/mol. The lowest BCUT2D eigenvalue weighted by molar-refractivity contribution is -0.131. The number of amides is 2. The number of hydrogen-bond donors (Lipinski definition) is 1. The van der Waals surface area contributed by atoms with Gasteiger partial charge in [-0.3, -0.25) is 9.59 Å². The first-order valence-corrected chi connectivity index (χ1v) is 10.2. The summed E-state index contributed by atoms with van der Waals surface area (Å²) >= 11 is 2.90. The largest absolute Gasteiger partial charge is 0.336 e. The lowest BCUT2D eigenvalue weighted by atomic mass is 10.1. The van der Waals surface area contributed by atoms with E-state index in [-0.39, 0.29) is 24.1 Å². The maximum absolute atomic E-state index is 12.4. The van der Waals surface area contributed by atoms with Gasteiger partial charge in [-0.15, -0.1) is 11.3 Å². The molecule has 2 amide bonds. The van der Waals surface area contributed by atoms with E-state index < -0.39 is 0 Å². The Balaban J connectivity index is 1.55. The number of carbonyl (C=O) groups is 2. The monoisotopic (exact) mass is 400 g/mol. The summed E-state index contributed by atoms with van der Waals surface area (Å²) in [5, 5.41) is 6.56. The number of aromatic nitrogens is 2. The number of rotatable bonds is 6. The van der Waals surface area contributed by atoms with E-state index in [4.69, 9.17) is 0 Å². The molecule has 3 aromatic rings. The molecule has 0 saturated carbocycles. The van der Waals surface area contributed by atoms with Gasteiger partial charge in [0.15, 0.2) is 0 Å². The first kappa shape index (κ1) is 19.3. The van der Waals surface area contributed by atoms with Crippen molar-refractivity contribution in [1.29, 1.82) is 0 Å². The summed E-state index contributed by atoms with van der Waals surface area (Å²) in [5.41, 5.74) is 2.91. The average Bonchev–Trinajstić information content (AvgIpc) is 3.12. The Morgan fingerprint density at radius 2 is 2.04 bits per heavy atom. The molecule has 0 spiro atoms. The molecule has 6 nitrogen and oxygen atoms in total. The van der Waals surface area contributed by atoms with Gasteiger partial charge >= 0.3 is 0 Å². The molecule has 0 radical (unpaired) electrons. The van der Waals surface area contributed by atoms with E-state index in [2.05, 4.69) is 15.3 Å². The van der Waals surface area contributed by atoms with Gasteiger partial charge in [-0.05, 0) is 42.5 Å². The van der Waals surface area contributed by atoms with Gasteiger partial charge in [0.1, 0.15) is 16.2 Å². The van der Waals surface area contributed by atoms with Gasteiger partial charge in [0.05, 0.1) is 12.3 Å². The van der Waals surface area contributed by atoms with E-state index in [0.29, 0.717) is 0 Å². The topological polar surface area (TPSA) is 75.2 Å². The van der Waals surface area contributed by atoms with Crippen LogP contribution in [0.15, 0.2) is 41.0 Å². The van der Waals surface area contributed by atoms with Crippen molar-refractivity contribution in [1.82, 2.24) is 14.9 Å². The first-order chi connectivity index (χ1) is 13.0. The number of fused-ring (bicyclic) bond motifs is 1. The third-order valence-corrected chi connectivity index (χ3v) is 6.05. The van der Waals surface area contributed by atoms with Crippen molar-refractivity contribution in [3.8, 4) is 0 Å². The molecule has 0 aliphatic rings. The lowest BCUT2D eigenvalue weighted by Gasteiger charge is -2.17. The standard InChI is InChI=1S/C19H20N4O2S2/c1-12-5-4-6-15(13(12)2)22-16(24)9-23(3)17(25)10-27-19-14-7-8-26-18(14)20-11-21-19/h4-8,11H,9-10H2,1-3H3,(H,22,24). The van der Waals surface area contributed by atoms with Crippen LogP contribution in [-0.2, 0) is 9.59 Å². The summed E-state index contributed by atoms with van der Waals surface area (Å²) in [4.78, 5) is 35.4. The van der Waals surface area contributed by atoms with Crippen LogP contribution in [0.4, 0.5) is 5.69 Å². The van der Waals surface area contributed by atoms with Gasteiger partial charge in [-0.2, -0.15) is 0 Å². The van der Waals surface area contributed by atoms with Crippen LogP contribution in [0.3, 0.4) is 0 Å². The summed E-state index contributed by atoms with van der Waals surface area (Å²) in [6, 6.07) is 7.71. The molecular weight excluding hydrogens is 380 g/mol. The molecule has 0 saturated heterocycles. The molecule has 8 heteroatoms. The summed E-state index contributed by atoms with van der Waals surface area (Å²) in [6.45, 7) is 3.96. The molecule has 0 bridgehead atoms. The smallest absolute Gasteiger partial charge is 0.243 e. The van der Waals surface area contributed by atoms with E-state index in [9.17, 15) is 9.59 Å². The van der Waals surface area contributed by atoms with Crippen LogP contribution in [0.1, 0.15) is 11.1 Å². The predicted molar refractivity (Wildman–Crippen MR) is 110 cm³/mol. The van der Waals surface area contributed by atoms with E-state index in [0.717, 1.165) is 32.1 Å². The van der Waals surface area contributed by atoms with Gasteiger partial charge in [0.25, 0.3) is 0 Å². The highest BCUT2D eigenvalue weighted by Crippen LogP contribution is 2.27. The number of benzene rings is 1. The molecule has 0 unspecified atom stereocenters. The van der Waals surface area contributed by atoms with E-state index in [1.54, 1.807) is 18.4 Å². The van der Waals surface area contributed by atoms with E-state index in [1.165, 1.54) is 23.0 Å². The number of thioether (sulfide) groups is 1. The van der Waals surface area contributed by atoms with Crippen LogP contribution < -0.4 is 5.32 Å². The van der Waals surface area contributed by atoms with Gasteiger partial charge in [0.2, 0.25) is 11.8 Å². The quantitative estimate of drug-likeness (QED) is 0.506. The summed E-state index contributed by atoms with van der Waals surface area (Å²) in [6.07, 6.45) is 1.51. The van der Waals surface area contributed by atoms with Crippen molar-refractivity contribution in [2.45, 2.75) is 18.9 Å². The maximum Gasteiger partial charge on any atom is 0.243 e. The van der Waals surface area contributed by atoms with Crippen molar-refractivity contribution in [2.75, 3.05) is 24.7 Å². The van der Waals surface area contributed by atoms with E-state index in [1.807, 2.05) is 43.5 Å². The van der Waals surface area contributed by atoms with Gasteiger partial charge in [-0.1, -0.05) is 23.9 Å². The van der Waals surface area contributed by atoms with E-state index >= 15 is 0 Å². The van der Waals surface area contributed by atoms with Crippen LogP contribution in [0.25, 0.3) is 10.2 Å². The van der Waals surface area contributed by atoms with Crippen molar-refractivity contribution >= 4 is 50.8 Å². The second kappa shape index (κ2) is 8.49. The third-order valence-electron chi connectivity index (χ3n) is 4.24. The van der Waals surface area contributed by atoms with Crippen molar-refractivity contribution in [3.63, 3.8) is 0 Å². The molecule has 2 heterocycles. The Bertz CT molecular complexity index is 987. The van der Waals surface area contributed by atoms with Crippen LogP contribution in [-0.4, -0.2) is 46.0 Å². The Morgan fingerprint density at radius 1 is 1.22 bits per heavy atom. The molecule has 0 fully saturated rings. The Morgan fingerprint density at radius 3 is 2.85 bits per heavy atom. The van der Waals surface area contributed by atoms with Crippen LogP contribution in [0, 0.1) is 13.8 Å². The normalized spacial score (nSPS) is 10.8. The Labute approximate surface area is 166 Å². The first-order valence-electron chi connectivity index (χ1n) is 8.36. The zero-order chi connectivity index (χ0) is 19.4. The number of nitrogens with zero attached hydrogens (tertiary/aromatic N) is 3. The molecule has 0 aliphatic carbocycles. The van der Waals surface area contributed by atoms with Crippen molar-refractivity contribution < 1.29 is 9.59 Å². The summed E-state index contributed by atoms with van der Waals surface area (Å²) in [7, 11) is 1.63. The molecule has 2 aromatic heterocycles. The van der Waals surface area contributed by atoms with Gasteiger partial charge in [0, 0.05) is 18.1 Å². The molecule has 1 aromatic carbocycles. The fourth-order valence-electron chi connectivity index (χ4n) is 2.50. The zero-order valence-electron chi connectivity index (χ0n) is 15.4. The second-order valence-electron chi connectivity index (χ2n) is 6.15. The number of nitrogens with one attached hydrogen (secondary N) is 1. The molecule has 0 aliphatic heterocycles. The fourth-order valence-corrected chi connectivity index (χ4v) is 4.22. The summed E-state index contributed by atoms with van der Waals surface area (Å²) < 4.78 is 0. The number of anilines is 1. The molecular formula is C19H20N4O2S2. The maximum atomic E-state index is 12.4. The number of carbonyl (C=O) groups excluding carboxylic acids is 2. The highest BCUT2D eigenvalue weighted by Gasteiger charge is 2.15. The molecule has 0 atom stereocenters. The van der Waals surface area contributed by atoms with Crippen LogP contribution in [0.2, 0.25) is 0 Å². The van der Waals surface area contributed by atoms with Gasteiger partial charge in [-0.25, -0.2) is 9.97 Å². The molecule has 1 N–H and O–H groups in total. The third kappa shape index (κ3) is 4.64. The number of likely N-dealkylation sites (N-methyl/N-ethyl adjacent to an activating group) is 1. The Kier molecular flexibility index (Phi) is 6.08. The minimum Gasteiger partial charge on any atom is -0.336 e. The number of aryl methyl sites for hydroxylation is 1. The molecule has 27 heavy (non-hydrogen) atoms. The highest BCUT2D eigenvalue weighted by atomic mass is 32.2. The van der Waals surface area contributed by atoms with Crippen molar-refractivity contribution in [2.24, 2.45) is 0 Å². The van der Waals surface area contributed by atoms with Crippen LogP contribution in [0.5, 0.6) is 0 Å². The SMILES string of the molecule is Cc1cccc(NC(=O)CN(C)C(=O)CSc2ncnc3sccc23)c1C. The number of hydrogen-bond acceptors (Lipinski definition) is 6.